The third-order valence-electron chi connectivity index (χ3n) is 2.02. The normalized spacial score (nSPS) is 10.3. The van der Waals surface area contributed by atoms with Gasteiger partial charge in [0.25, 0.3) is 6.43 Å². The number of nitrogens with zero attached hydrogens (tertiary/aromatic N) is 2. The van der Waals surface area contributed by atoms with Crippen molar-refractivity contribution in [3.05, 3.63) is 23.0 Å². The van der Waals surface area contributed by atoms with Crippen LogP contribution in [0.4, 0.5) is 14.5 Å². The van der Waals surface area contributed by atoms with Crippen LogP contribution in [0.25, 0.3) is 0 Å². The topological polar surface area (TPSA) is 88.7 Å². The van der Waals surface area contributed by atoms with Crippen LogP contribution in [0.2, 0.25) is 0 Å². The van der Waals surface area contributed by atoms with Crippen LogP contribution in [0.3, 0.4) is 0 Å². The van der Waals surface area contributed by atoms with E-state index in [1.165, 1.54) is 6.20 Å². The predicted octanol–water partition coefficient (Wildman–Crippen LogP) is 1.13. The molecule has 0 aromatic carbocycles. The lowest BCUT2D eigenvalue weighted by Gasteiger charge is -2.11. The van der Waals surface area contributed by atoms with Crippen molar-refractivity contribution in [2.45, 2.75) is 19.4 Å². The zero-order chi connectivity index (χ0) is 11.4. The Morgan fingerprint density at radius 2 is 2.20 bits per heavy atom. The molecule has 0 aliphatic heterocycles. The first-order valence-corrected chi connectivity index (χ1v) is 4.23. The fourth-order valence-electron chi connectivity index (χ4n) is 1.24. The van der Waals surface area contributed by atoms with E-state index in [2.05, 4.69) is 4.98 Å². The fraction of sp³-hybridized carbons (Fsp3) is 0.333. The maximum atomic E-state index is 12.5. The highest BCUT2D eigenvalue weighted by Crippen LogP contribution is 2.27. The van der Waals surface area contributed by atoms with Crippen molar-refractivity contribution in [2.24, 2.45) is 5.73 Å². The van der Waals surface area contributed by atoms with Gasteiger partial charge in [0.15, 0.2) is 0 Å². The predicted molar refractivity (Wildman–Crippen MR) is 50.8 cm³/mol. The Bertz CT molecular complexity index is 398. The van der Waals surface area contributed by atoms with Gasteiger partial charge in [-0.1, -0.05) is 0 Å². The van der Waals surface area contributed by atoms with Crippen LogP contribution >= 0.6 is 0 Å². The minimum absolute atomic E-state index is 0.0791. The molecule has 80 valence electrons. The zero-order valence-electron chi connectivity index (χ0n) is 7.87. The largest absolute Gasteiger partial charge is 0.398 e. The summed E-state index contributed by atoms with van der Waals surface area (Å²) in [5, 5.41) is 8.50. The number of nitriles is 1. The Hall–Kier alpha value is -1.74. The molecule has 4 nitrogen and oxygen atoms in total. The molecular weight excluding hydrogens is 202 g/mol. The standard InChI is InChI=1S/C9H10F2N4/c10-9(11)8-6(1-2-12)7(14)5(3-13)4-15-8/h4,9H,1,3,13H2,(H2,14,15). The van der Waals surface area contributed by atoms with Crippen molar-refractivity contribution in [1.29, 1.82) is 5.26 Å². The molecule has 0 radical (unpaired) electrons. The SMILES string of the molecule is N#CCc1c(C(F)F)ncc(CN)c1N. The summed E-state index contributed by atoms with van der Waals surface area (Å²) in [5.41, 5.74) is 11.2. The van der Waals surface area contributed by atoms with Gasteiger partial charge in [0, 0.05) is 29.6 Å². The number of rotatable bonds is 3. The zero-order valence-corrected chi connectivity index (χ0v) is 7.87. The molecule has 1 aromatic heterocycles. The van der Waals surface area contributed by atoms with Gasteiger partial charge >= 0.3 is 0 Å². The van der Waals surface area contributed by atoms with Gasteiger partial charge in [-0.3, -0.25) is 4.98 Å². The number of alkyl halides is 2. The highest BCUT2D eigenvalue weighted by molar-refractivity contribution is 5.55. The van der Waals surface area contributed by atoms with Crippen LogP contribution < -0.4 is 11.5 Å². The number of halogens is 2. The summed E-state index contributed by atoms with van der Waals surface area (Å²) in [7, 11) is 0. The molecule has 6 heteroatoms. The second-order valence-corrected chi connectivity index (χ2v) is 2.90. The summed E-state index contributed by atoms with van der Waals surface area (Å²) in [6.07, 6.45) is -1.70. The highest BCUT2D eigenvalue weighted by Gasteiger charge is 2.18. The Balaban J connectivity index is 3.32. The van der Waals surface area contributed by atoms with Gasteiger partial charge in [0.1, 0.15) is 5.69 Å². The molecule has 0 saturated heterocycles. The van der Waals surface area contributed by atoms with Crippen molar-refractivity contribution in [3.8, 4) is 6.07 Å². The second-order valence-electron chi connectivity index (χ2n) is 2.90. The Morgan fingerprint density at radius 1 is 1.53 bits per heavy atom. The third-order valence-corrected chi connectivity index (χ3v) is 2.02. The van der Waals surface area contributed by atoms with Crippen LogP contribution in [-0.2, 0) is 13.0 Å². The van der Waals surface area contributed by atoms with Crippen LogP contribution in [-0.4, -0.2) is 4.98 Å². The third kappa shape index (κ3) is 2.19. The lowest BCUT2D eigenvalue weighted by Crippen LogP contribution is -2.09. The fourth-order valence-corrected chi connectivity index (χ4v) is 1.24. The lowest BCUT2D eigenvalue weighted by atomic mass is 10.0. The minimum Gasteiger partial charge on any atom is -0.398 e. The first-order valence-electron chi connectivity index (χ1n) is 4.23. The summed E-state index contributed by atoms with van der Waals surface area (Å²) >= 11 is 0. The van der Waals surface area contributed by atoms with Crippen molar-refractivity contribution in [2.75, 3.05) is 5.73 Å². The summed E-state index contributed by atoms with van der Waals surface area (Å²) in [5.74, 6) is 0. The molecule has 0 aliphatic carbocycles. The van der Waals surface area contributed by atoms with Crippen LogP contribution in [0.5, 0.6) is 0 Å². The van der Waals surface area contributed by atoms with Crippen molar-refractivity contribution in [3.63, 3.8) is 0 Å². The molecule has 0 unspecified atom stereocenters. The van der Waals surface area contributed by atoms with Gasteiger partial charge in [0.2, 0.25) is 0 Å². The van der Waals surface area contributed by atoms with Crippen LogP contribution in [0.1, 0.15) is 23.2 Å². The van der Waals surface area contributed by atoms with E-state index >= 15 is 0 Å². The molecule has 1 rings (SSSR count). The van der Waals surface area contributed by atoms with Crippen molar-refractivity contribution in [1.82, 2.24) is 4.98 Å². The van der Waals surface area contributed by atoms with E-state index in [0.29, 0.717) is 5.56 Å². The summed E-state index contributed by atoms with van der Waals surface area (Å²) in [4.78, 5) is 3.57. The number of nitrogen functional groups attached to an aromatic ring is 1. The molecule has 0 amide bonds. The molecular formula is C9H10F2N4. The van der Waals surface area contributed by atoms with Gasteiger partial charge < -0.3 is 11.5 Å². The van der Waals surface area contributed by atoms with Gasteiger partial charge in [0.05, 0.1) is 12.5 Å². The molecule has 0 atom stereocenters. The monoisotopic (exact) mass is 212 g/mol. The summed E-state index contributed by atoms with van der Waals surface area (Å²) < 4.78 is 25.0. The average molecular weight is 212 g/mol. The molecule has 15 heavy (non-hydrogen) atoms. The van der Waals surface area contributed by atoms with E-state index in [1.807, 2.05) is 0 Å². The number of aromatic nitrogens is 1. The molecule has 0 aliphatic rings. The number of nitrogens with two attached hydrogens (primary N) is 2. The molecule has 0 saturated carbocycles. The Kier molecular flexibility index (Phi) is 3.52. The lowest BCUT2D eigenvalue weighted by molar-refractivity contribution is 0.145. The van der Waals surface area contributed by atoms with Crippen LogP contribution in [0.15, 0.2) is 6.20 Å². The highest BCUT2D eigenvalue weighted by atomic mass is 19.3. The van der Waals surface area contributed by atoms with E-state index in [1.54, 1.807) is 6.07 Å². The minimum atomic E-state index is -2.73. The van der Waals surface area contributed by atoms with Gasteiger partial charge in [-0.05, 0) is 0 Å². The molecule has 1 heterocycles. The maximum Gasteiger partial charge on any atom is 0.280 e. The molecule has 0 spiro atoms. The summed E-state index contributed by atoms with van der Waals surface area (Å²) in [6.45, 7) is 0.112. The van der Waals surface area contributed by atoms with Gasteiger partial charge in [-0.25, -0.2) is 8.78 Å². The second kappa shape index (κ2) is 4.66. The first-order chi connectivity index (χ1) is 7.11. The molecule has 4 N–H and O–H groups in total. The number of hydrogen-bond acceptors (Lipinski definition) is 4. The van der Waals surface area contributed by atoms with E-state index in [9.17, 15) is 8.78 Å². The van der Waals surface area contributed by atoms with E-state index in [0.717, 1.165) is 0 Å². The number of pyridine rings is 1. The quantitative estimate of drug-likeness (QED) is 0.785. The van der Waals surface area contributed by atoms with E-state index < -0.39 is 12.1 Å². The van der Waals surface area contributed by atoms with Gasteiger partial charge in [-0.2, -0.15) is 5.26 Å². The number of hydrogen-bond donors (Lipinski definition) is 2. The number of anilines is 1. The first kappa shape index (κ1) is 11.3. The smallest absolute Gasteiger partial charge is 0.280 e. The molecule has 0 fully saturated rings. The summed E-state index contributed by atoms with van der Waals surface area (Å²) in [6, 6.07) is 1.78. The molecule has 1 aromatic rings. The van der Waals surface area contributed by atoms with Gasteiger partial charge in [-0.15, -0.1) is 0 Å². The Labute approximate surface area is 85.5 Å². The van der Waals surface area contributed by atoms with Crippen molar-refractivity contribution >= 4 is 5.69 Å². The average Bonchev–Trinajstić information content (AvgIpc) is 2.20. The maximum absolute atomic E-state index is 12.5. The van der Waals surface area contributed by atoms with E-state index in [-0.39, 0.29) is 24.2 Å². The van der Waals surface area contributed by atoms with Crippen molar-refractivity contribution < 1.29 is 8.78 Å². The molecule has 0 bridgehead atoms. The van der Waals surface area contributed by atoms with Crippen LogP contribution in [0, 0.1) is 11.3 Å². The van der Waals surface area contributed by atoms with E-state index in [4.69, 9.17) is 16.7 Å². The Morgan fingerprint density at radius 3 is 2.67 bits per heavy atom.